The number of benzene rings is 3. The van der Waals surface area contributed by atoms with Gasteiger partial charge in [0.2, 0.25) is 5.78 Å². The number of ketones is 1. The van der Waals surface area contributed by atoms with E-state index in [-0.39, 0.29) is 11.2 Å². The molecule has 0 saturated carbocycles. The van der Waals surface area contributed by atoms with Crippen LogP contribution in [-0.2, 0) is 18.4 Å². The second-order valence-corrected chi connectivity index (χ2v) is 10.9. The smallest absolute Gasteiger partial charge is 0.231 e. The number of nitrogens with zero attached hydrogens (tertiary/aromatic N) is 1. The van der Waals surface area contributed by atoms with E-state index in [2.05, 4.69) is 43.9 Å². The van der Waals surface area contributed by atoms with E-state index >= 15 is 0 Å². The molecule has 2 heterocycles. The van der Waals surface area contributed by atoms with E-state index in [9.17, 15) is 4.79 Å². The van der Waals surface area contributed by atoms with Crippen molar-refractivity contribution in [3.05, 3.63) is 87.7 Å². The van der Waals surface area contributed by atoms with Crippen molar-refractivity contribution in [3.63, 3.8) is 0 Å². The Morgan fingerprint density at radius 1 is 0.974 bits per heavy atom. The molecule has 0 bridgehead atoms. The van der Waals surface area contributed by atoms with Crippen molar-refractivity contribution in [2.75, 3.05) is 27.5 Å². The van der Waals surface area contributed by atoms with Crippen molar-refractivity contribution < 1.29 is 23.7 Å². The summed E-state index contributed by atoms with van der Waals surface area (Å²) >= 11 is 0. The Balaban J connectivity index is 1.31. The zero-order valence-corrected chi connectivity index (χ0v) is 23.0. The number of allylic oxidation sites excluding steroid dienone is 1. The van der Waals surface area contributed by atoms with Crippen LogP contribution in [0.4, 0.5) is 0 Å². The molecule has 198 valence electrons. The second-order valence-electron chi connectivity index (χ2n) is 10.9. The maximum Gasteiger partial charge on any atom is 0.231 e. The van der Waals surface area contributed by atoms with Gasteiger partial charge in [0.25, 0.3) is 0 Å². The third kappa shape index (κ3) is 5.01. The van der Waals surface area contributed by atoms with Crippen LogP contribution in [0.25, 0.3) is 6.08 Å². The predicted octanol–water partition coefficient (Wildman–Crippen LogP) is 6.32. The Labute approximate surface area is 224 Å². The molecule has 0 saturated heterocycles. The van der Waals surface area contributed by atoms with Crippen LogP contribution in [-0.4, -0.2) is 38.2 Å². The van der Waals surface area contributed by atoms with Crippen molar-refractivity contribution in [1.29, 1.82) is 0 Å². The van der Waals surface area contributed by atoms with Gasteiger partial charge in [-0.2, -0.15) is 0 Å². The lowest BCUT2D eigenvalue weighted by atomic mass is 9.86. The molecule has 0 atom stereocenters. The Hall–Kier alpha value is -3.77. The van der Waals surface area contributed by atoms with Crippen LogP contribution >= 0.6 is 0 Å². The molecule has 6 heteroatoms. The molecule has 5 rings (SSSR count). The summed E-state index contributed by atoms with van der Waals surface area (Å²) < 4.78 is 23.0. The van der Waals surface area contributed by atoms with Crippen LogP contribution in [0.3, 0.4) is 0 Å². The molecule has 2 aliphatic heterocycles. The second kappa shape index (κ2) is 10.2. The van der Waals surface area contributed by atoms with E-state index in [4.69, 9.17) is 18.9 Å². The first-order valence-electron chi connectivity index (χ1n) is 12.9. The summed E-state index contributed by atoms with van der Waals surface area (Å²) in [5, 5.41) is 0. The highest BCUT2D eigenvalue weighted by atomic mass is 16.5. The fourth-order valence-corrected chi connectivity index (χ4v) is 4.99. The number of carbonyl (C=O) groups is 1. The lowest BCUT2D eigenvalue weighted by Crippen LogP contribution is -2.34. The molecule has 0 spiro atoms. The molecule has 6 nitrogen and oxygen atoms in total. The number of hydrogen-bond donors (Lipinski definition) is 0. The number of rotatable bonds is 6. The standard InChI is InChI=1S/C32H35NO5/c1-20-30-23(18-33(19-37-30)14-13-22-9-12-26(35-5)27(15-22)36-6)17-25-29(34)28(38-31(20)25)16-21-7-10-24(11-8-21)32(2,3)4/h7-12,15-17H,13-14,18-19H2,1-6H3/b28-16-. The first-order chi connectivity index (χ1) is 18.2. The zero-order chi connectivity index (χ0) is 27.0. The van der Waals surface area contributed by atoms with Crippen LogP contribution < -0.4 is 18.9 Å². The third-order valence-corrected chi connectivity index (χ3v) is 7.24. The van der Waals surface area contributed by atoms with Gasteiger partial charge in [0.15, 0.2) is 17.3 Å². The van der Waals surface area contributed by atoms with E-state index in [1.165, 1.54) is 5.56 Å². The lowest BCUT2D eigenvalue weighted by Gasteiger charge is -2.30. The van der Waals surface area contributed by atoms with Crippen molar-refractivity contribution in [2.45, 2.75) is 46.1 Å². The summed E-state index contributed by atoms with van der Waals surface area (Å²) in [5.74, 6) is 3.12. The topological polar surface area (TPSA) is 57.2 Å². The Kier molecular flexibility index (Phi) is 6.93. The first-order valence-corrected chi connectivity index (χ1v) is 12.9. The van der Waals surface area contributed by atoms with Crippen molar-refractivity contribution in [2.24, 2.45) is 0 Å². The first kappa shape index (κ1) is 25.9. The molecule has 0 N–H and O–H groups in total. The lowest BCUT2D eigenvalue weighted by molar-refractivity contribution is 0.0953. The van der Waals surface area contributed by atoms with Gasteiger partial charge in [-0.15, -0.1) is 0 Å². The fourth-order valence-electron chi connectivity index (χ4n) is 4.99. The summed E-state index contributed by atoms with van der Waals surface area (Å²) in [6.45, 7) is 10.5. The van der Waals surface area contributed by atoms with Crippen LogP contribution in [0.15, 0.2) is 54.3 Å². The highest BCUT2D eigenvalue weighted by Gasteiger charge is 2.33. The maximum absolute atomic E-state index is 13.3. The van der Waals surface area contributed by atoms with Gasteiger partial charge in [-0.1, -0.05) is 51.1 Å². The van der Waals surface area contributed by atoms with Crippen LogP contribution in [0, 0.1) is 6.92 Å². The largest absolute Gasteiger partial charge is 0.493 e. The summed E-state index contributed by atoms with van der Waals surface area (Å²) in [5.41, 5.74) is 5.90. The summed E-state index contributed by atoms with van der Waals surface area (Å²) in [6, 6.07) is 16.2. The van der Waals surface area contributed by atoms with Gasteiger partial charge in [-0.3, -0.25) is 9.69 Å². The number of methoxy groups -OCH3 is 2. The van der Waals surface area contributed by atoms with E-state index in [1.807, 2.05) is 43.3 Å². The molecule has 0 radical (unpaired) electrons. The minimum Gasteiger partial charge on any atom is -0.493 e. The number of Topliss-reactive ketones (excluding diaryl/α,β-unsaturated/α-hetero) is 1. The number of hydrogen-bond acceptors (Lipinski definition) is 6. The molecule has 2 aliphatic rings. The van der Waals surface area contributed by atoms with E-state index in [0.29, 0.717) is 30.3 Å². The minimum absolute atomic E-state index is 0.0765. The molecule has 0 unspecified atom stereocenters. The molecular formula is C32H35NO5. The van der Waals surface area contributed by atoms with E-state index in [0.717, 1.165) is 52.5 Å². The summed E-state index contributed by atoms with van der Waals surface area (Å²) in [7, 11) is 3.28. The molecule has 3 aromatic rings. The van der Waals surface area contributed by atoms with Gasteiger partial charge in [-0.25, -0.2) is 0 Å². The highest BCUT2D eigenvalue weighted by molar-refractivity contribution is 6.15. The van der Waals surface area contributed by atoms with Crippen molar-refractivity contribution in [1.82, 2.24) is 4.90 Å². The number of ether oxygens (including phenoxy) is 4. The van der Waals surface area contributed by atoms with Crippen LogP contribution in [0.1, 0.15) is 58.9 Å². The maximum atomic E-state index is 13.3. The molecule has 0 aliphatic carbocycles. The quantitative estimate of drug-likeness (QED) is 0.360. The third-order valence-electron chi connectivity index (χ3n) is 7.24. The van der Waals surface area contributed by atoms with Crippen LogP contribution in [0.2, 0.25) is 0 Å². The summed E-state index contributed by atoms with van der Waals surface area (Å²) in [4.78, 5) is 15.5. The van der Waals surface area contributed by atoms with Gasteiger partial charge >= 0.3 is 0 Å². The van der Waals surface area contributed by atoms with Crippen molar-refractivity contribution >= 4 is 11.9 Å². The minimum atomic E-state index is -0.0896. The average Bonchev–Trinajstić information content (AvgIpc) is 3.22. The molecule has 0 aromatic heterocycles. The average molecular weight is 514 g/mol. The highest BCUT2D eigenvalue weighted by Crippen LogP contribution is 2.43. The molecular weight excluding hydrogens is 478 g/mol. The van der Waals surface area contributed by atoms with Gasteiger partial charge < -0.3 is 18.9 Å². The number of fused-ring (bicyclic) bond motifs is 2. The summed E-state index contributed by atoms with van der Waals surface area (Å²) in [6.07, 6.45) is 2.66. The molecule has 3 aromatic carbocycles. The van der Waals surface area contributed by atoms with Gasteiger partial charge in [-0.05, 0) is 59.7 Å². The SMILES string of the molecule is COc1ccc(CCN2COc3c(cc4c(c3C)O/C(=C\c3ccc(C(C)(C)C)cc3)C4=O)C2)cc1OC. The predicted molar refractivity (Wildman–Crippen MR) is 148 cm³/mol. The fraction of sp³-hybridized carbons (Fsp3) is 0.344. The van der Waals surface area contributed by atoms with Crippen LogP contribution in [0.5, 0.6) is 23.0 Å². The normalized spacial score (nSPS) is 16.1. The molecule has 0 fully saturated rings. The Morgan fingerprint density at radius 2 is 1.71 bits per heavy atom. The zero-order valence-electron chi connectivity index (χ0n) is 23.0. The van der Waals surface area contributed by atoms with Gasteiger partial charge in [0.05, 0.1) is 19.8 Å². The molecule has 38 heavy (non-hydrogen) atoms. The Morgan fingerprint density at radius 3 is 2.39 bits per heavy atom. The van der Waals surface area contributed by atoms with Gasteiger partial charge in [0, 0.05) is 24.2 Å². The Bertz CT molecular complexity index is 1400. The van der Waals surface area contributed by atoms with E-state index in [1.54, 1.807) is 14.2 Å². The van der Waals surface area contributed by atoms with E-state index < -0.39 is 0 Å². The number of carbonyl (C=O) groups excluding carboxylic acids is 1. The molecule has 0 amide bonds. The monoisotopic (exact) mass is 513 g/mol. The van der Waals surface area contributed by atoms with Gasteiger partial charge in [0.1, 0.15) is 18.2 Å². The van der Waals surface area contributed by atoms with Crippen molar-refractivity contribution in [3.8, 4) is 23.0 Å².